The molecule has 0 bridgehead atoms. The molecule has 1 N–H and O–H groups in total. The summed E-state index contributed by atoms with van der Waals surface area (Å²) >= 11 is 0. The second kappa shape index (κ2) is 5.94. The second-order valence-electron chi connectivity index (χ2n) is 6.70. The summed E-state index contributed by atoms with van der Waals surface area (Å²) in [4.78, 5) is 14.9. The van der Waals surface area contributed by atoms with Crippen molar-refractivity contribution in [3.05, 3.63) is 60.2 Å². The van der Waals surface area contributed by atoms with Gasteiger partial charge in [0.2, 0.25) is 0 Å². The Hall–Kier alpha value is -3.22. The maximum atomic E-state index is 13.1. The minimum atomic E-state index is -0.0269. The molecular weight excluding hydrogens is 328 g/mol. The van der Waals surface area contributed by atoms with Gasteiger partial charge in [-0.3, -0.25) is 14.3 Å². The van der Waals surface area contributed by atoms with E-state index in [1.165, 1.54) is 0 Å². The van der Waals surface area contributed by atoms with Gasteiger partial charge >= 0.3 is 0 Å². The number of pyridine rings is 1. The van der Waals surface area contributed by atoms with Gasteiger partial charge < -0.3 is 4.90 Å². The fraction of sp³-hybridized carbons (Fsp3) is 0.263. The Labute approximate surface area is 149 Å². The van der Waals surface area contributed by atoms with E-state index in [2.05, 4.69) is 20.4 Å². The monoisotopic (exact) mass is 346 g/mol. The van der Waals surface area contributed by atoms with Crippen LogP contribution in [0, 0.1) is 0 Å². The maximum absolute atomic E-state index is 13.1. The summed E-state index contributed by atoms with van der Waals surface area (Å²) in [7, 11) is 0. The van der Waals surface area contributed by atoms with Gasteiger partial charge in [-0.05, 0) is 31.0 Å². The number of fused-ring (bicyclic) bond motifs is 2. The number of H-pyrrole nitrogens is 1. The standard InChI is InChI=1S/C19H18N6O/c26-19(17-14-7-1-2-8-15(14)20-22-17)24-10-5-6-13(12-24)18-23-21-16-9-3-4-11-25(16)18/h1-4,7-9,11,13H,5-6,10,12H2,(H,20,22). The number of aromatic amines is 1. The highest BCUT2D eigenvalue weighted by Gasteiger charge is 2.30. The Morgan fingerprint density at radius 1 is 1.12 bits per heavy atom. The lowest BCUT2D eigenvalue weighted by Gasteiger charge is -2.31. The normalized spacial score (nSPS) is 17.8. The zero-order valence-electron chi connectivity index (χ0n) is 14.2. The Morgan fingerprint density at radius 3 is 2.96 bits per heavy atom. The predicted octanol–water partition coefficient (Wildman–Crippen LogP) is 2.63. The van der Waals surface area contributed by atoms with E-state index < -0.39 is 0 Å². The number of piperidine rings is 1. The summed E-state index contributed by atoms with van der Waals surface area (Å²) < 4.78 is 2.02. The van der Waals surface area contributed by atoms with Crippen LogP contribution in [0.3, 0.4) is 0 Å². The first kappa shape index (κ1) is 15.1. The van der Waals surface area contributed by atoms with Crippen LogP contribution in [0.1, 0.15) is 35.1 Å². The van der Waals surface area contributed by atoms with Crippen molar-refractivity contribution in [3.63, 3.8) is 0 Å². The molecule has 1 saturated heterocycles. The van der Waals surface area contributed by atoms with E-state index in [9.17, 15) is 4.79 Å². The number of para-hydroxylation sites is 1. The molecule has 130 valence electrons. The lowest BCUT2D eigenvalue weighted by molar-refractivity contribution is 0.0700. The van der Waals surface area contributed by atoms with Gasteiger partial charge in [0.05, 0.1) is 5.52 Å². The van der Waals surface area contributed by atoms with Crippen LogP contribution < -0.4 is 0 Å². The van der Waals surface area contributed by atoms with Gasteiger partial charge in [0.25, 0.3) is 5.91 Å². The van der Waals surface area contributed by atoms with Crippen molar-refractivity contribution >= 4 is 22.5 Å². The van der Waals surface area contributed by atoms with Crippen molar-refractivity contribution in [1.29, 1.82) is 0 Å². The topological polar surface area (TPSA) is 79.2 Å². The van der Waals surface area contributed by atoms with E-state index >= 15 is 0 Å². The predicted molar refractivity (Wildman–Crippen MR) is 97.0 cm³/mol. The van der Waals surface area contributed by atoms with Crippen molar-refractivity contribution in [1.82, 2.24) is 29.7 Å². The van der Waals surface area contributed by atoms with Crippen molar-refractivity contribution in [3.8, 4) is 0 Å². The lowest BCUT2D eigenvalue weighted by Crippen LogP contribution is -2.39. The summed E-state index contributed by atoms with van der Waals surface area (Å²) in [6.07, 6.45) is 3.92. The highest BCUT2D eigenvalue weighted by Crippen LogP contribution is 2.27. The van der Waals surface area contributed by atoms with Gasteiger partial charge in [-0.15, -0.1) is 10.2 Å². The van der Waals surface area contributed by atoms with Crippen LogP contribution in [0.25, 0.3) is 16.6 Å². The number of nitrogens with one attached hydrogen (secondary N) is 1. The van der Waals surface area contributed by atoms with Crippen LogP contribution in [-0.2, 0) is 0 Å². The number of carbonyl (C=O) groups excluding carboxylic acids is 1. The van der Waals surface area contributed by atoms with Crippen molar-refractivity contribution in [2.45, 2.75) is 18.8 Å². The van der Waals surface area contributed by atoms with E-state index in [1.54, 1.807) is 0 Å². The Balaban J connectivity index is 1.44. The molecule has 0 saturated carbocycles. The van der Waals surface area contributed by atoms with Gasteiger partial charge in [-0.25, -0.2) is 0 Å². The number of nitrogens with zero attached hydrogens (tertiary/aromatic N) is 5. The number of hydrogen-bond acceptors (Lipinski definition) is 4. The Morgan fingerprint density at radius 2 is 2.00 bits per heavy atom. The number of amides is 1. The molecule has 4 heterocycles. The number of benzene rings is 1. The van der Waals surface area contributed by atoms with E-state index in [4.69, 9.17) is 0 Å². The Kier molecular flexibility index (Phi) is 3.44. The fourth-order valence-corrected chi connectivity index (χ4v) is 3.79. The van der Waals surface area contributed by atoms with Gasteiger partial charge in [-0.2, -0.15) is 5.10 Å². The molecule has 1 unspecified atom stereocenters. The molecule has 3 aromatic heterocycles. The molecule has 5 rings (SSSR count). The summed E-state index contributed by atoms with van der Waals surface area (Å²) in [5, 5.41) is 16.7. The smallest absolute Gasteiger partial charge is 0.275 e. The number of rotatable bonds is 2. The lowest BCUT2D eigenvalue weighted by atomic mass is 9.96. The first-order valence-corrected chi connectivity index (χ1v) is 8.83. The van der Waals surface area contributed by atoms with Crippen LogP contribution in [0.4, 0.5) is 0 Å². The zero-order valence-corrected chi connectivity index (χ0v) is 14.2. The molecule has 0 spiro atoms. The number of carbonyl (C=O) groups is 1. The van der Waals surface area contributed by atoms with Gasteiger partial charge in [0, 0.05) is 30.6 Å². The fourth-order valence-electron chi connectivity index (χ4n) is 3.79. The largest absolute Gasteiger partial charge is 0.337 e. The number of aromatic nitrogens is 5. The van der Waals surface area contributed by atoms with Crippen LogP contribution in [0.5, 0.6) is 0 Å². The van der Waals surface area contributed by atoms with Crippen molar-refractivity contribution in [2.24, 2.45) is 0 Å². The van der Waals surface area contributed by atoms with Crippen LogP contribution in [-0.4, -0.2) is 48.7 Å². The molecule has 1 fully saturated rings. The summed E-state index contributed by atoms with van der Waals surface area (Å²) in [5.41, 5.74) is 2.21. The molecular formula is C19H18N6O. The molecule has 0 aliphatic carbocycles. The van der Waals surface area contributed by atoms with Gasteiger partial charge in [0.15, 0.2) is 11.3 Å². The molecule has 1 aromatic carbocycles. The molecule has 1 atom stereocenters. The number of likely N-dealkylation sites (tertiary alicyclic amines) is 1. The molecule has 1 aliphatic heterocycles. The summed E-state index contributed by atoms with van der Waals surface area (Å²) in [5.74, 6) is 1.07. The molecule has 1 aliphatic rings. The van der Waals surface area contributed by atoms with Crippen LogP contribution >= 0.6 is 0 Å². The second-order valence-corrected chi connectivity index (χ2v) is 6.70. The highest BCUT2D eigenvalue weighted by atomic mass is 16.2. The van der Waals surface area contributed by atoms with Gasteiger partial charge in [-0.1, -0.05) is 24.3 Å². The van der Waals surface area contributed by atoms with Gasteiger partial charge in [0.1, 0.15) is 5.82 Å². The summed E-state index contributed by atoms with van der Waals surface area (Å²) in [6, 6.07) is 13.6. The van der Waals surface area contributed by atoms with Crippen molar-refractivity contribution in [2.75, 3.05) is 13.1 Å². The van der Waals surface area contributed by atoms with Crippen LogP contribution in [0.2, 0.25) is 0 Å². The third-order valence-corrected chi connectivity index (χ3v) is 5.09. The van der Waals surface area contributed by atoms with E-state index in [0.29, 0.717) is 12.2 Å². The molecule has 0 radical (unpaired) electrons. The third-order valence-electron chi connectivity index (χ3n) is 5.09. The highest BCUT2D eigenvalue weighted by molar-refractivity contribution is 6.04. The van der Waals surface area contributed by atoms with E-state index in [0.717, 1.165) is 41.8 Å². The number of hydrogen-bond donors (Lipinski definition) is 1. The first-order chi connectivity index (χ1) is 12.8. The van der Waals surface area contributed by atoms with Crippen molar-refractivity contribution < 1.29 is 4.79 Å². The Bertz CT molecular complexity index is 1100. The van der Waals surface area contributed by atoms with Crippen LogP contribution in [0.15, 0.2) is 48.7 Å². The van der Waals surface area contributed by atoms with E-state index in [1.807, 2.05) is 58.0 Å². The SMILES string of the molecule is O=C(c1n[nH]c2ccccc12)N1CCCC(c2nnc3ccccn23)C1. The molecule has 7 nitrogen and oxygen atoms in total. The minimum Gasteiger partial charge on any atom is -0.337 e. The molecule has 26 heavy (non-hydrogen) atoms. The minimum absolute atomic E-state index is 0.0269. The van der Waals surface area contributed by atoms with E-state index in [-0.39, 0.29) is 11.8 Å². The third kappa shape index (κ3) is 2.35. The first-order valence-electron chi connectivity index (χ1n) is 8.83. The molecule has 1 amide bonds. The molecule has 4 aromatic rings. The summed E-state index contributed by atoms with van der Waals surface area (Å²) in [6.45, 7) is 1.38. The quantitative estimate of drug-likeness (QED) is 0.605. The average Bonchev–Trinajstić information content (AvgIpc) is 3.32. The average molecular weight is 346 g/mol. The molecule has 7 heteroatoms. The maximum Gasteiger partial charge on any atom is 0.275 e. The zero-order chi connectivity index (χ0) is 17.5.